The smallest absolute Gasteiger partial charge is 0.208 e. The van der Waals surface area contributed by atoms with E-state index in [9.17, 15) is 0 Å². The van der Waals surface area contributed by atoms with E-state index in [2.05, 4.69) is 17.2 Å². The molecule has 1 N–H and O–H groups in total. The number of hydrogen-bond donors (Lipinski definition) is 1. The third kappa shape index (κ3) is 3.32. The molecule has 1 aromatic heterocycles. The Morgan fingerprint density at radius 2 is 2.50 bits per heavy atom. The summed E-state index contributed by atoms with van der Waals surface area (Å²) in [7, 11) is 0. The van der Waals surface area contributed by atoms with Gasteiger partial charge in [-0.15, -0.1) is 0 Å². The van der Waals surface area contributed by atoms with Gasteiger partial charge in [0.2, 0.25) is 5.89 Å². The van der Waals surface area contributed by atoms with E-state index in [-0.39, 0.29) is 0 Å². The van der Waals surface area contributed by atoms with Crippen LogP contribution in [-0.2, 0) is 17.7 Å². The Balaban J connectivity index is 1.66. The standard InChI is InChI=1S/C12H20N2O2/c1-2-11-7-14-12(16-11)8-13-6-10-4-3-5-15-9-10/h7,10,13H,2-6,8-9H2,1H3. The quantitative estimate of drug-likeness (QED) is 0.827. The lowest BCUT2D eigenvalue weighted by Crippen LogP contribution is -2.28. The van der Waals surface area contributed by atoms with Crippen LogP contribution in [0.25, 0.3) is 0 Å². The average Bonchev–Trinajstić information content (AvgIpc) is 2.78. The summed E-state index contributed by atoms with van der Waals surface area (Å²) in [6.07, 6.45) is 5.16. The summed E-state index contributed by atoms with van der Waals surface area (Å²) in [5, 5.41) is 3.37. The molecule has 1 aliphatic heterocycles. The number of aryl methyl sites for hydroxylation is 1. The second-order valence-corrected chi connectivity index (χ2v) is 4.29. The van der Waals surface area contributed by atoms with Crippen molar-refractivity contribution in [3.8, 4) is 0 Å². The predicted octanol–water partition coefficient (Wildman–Crippen LogP) is 1.75. The molecule has 0 bridgehead atoms. The Kier molecular flexibility index (Phi) is 4.36. The van der Waals surface area contributed by atoms with Crippen molar-refractivity contribution in [2.45, 2.75) is 32.7 Å². The lowest BCUT2D eigenvalue weighted by Gasteiger charge is -2.21. The Labute approximate surface area is 96.4 Å². The summed E-state index contributed by atoms with van der Waals surface area (Å²) in [5.74, 6) is 2.39. The van der Waals surface area contributed by atoms with Gasteiger partial charge in [0.05, 0.1) is 19.3 Å². The fourth-order valence-electron chi connectivity index (χ4n) is 1.94. The van der Waals surface area contributed by atoms with Gasteiger partial charge < -0.3 is 14.5 Å². The van der Waals surface area contributed by atoms with Gasteiger partial charge in [-0.1, -0.05) is 6.92 Å². The number of hydrogen-bond acceptors (Lipinski definition) is 4. The van der Waals surface area contributed by atoms with E-state index in [1.165, 1.54) is 12.8 Å². The summed E-state index contributed by atoms with van der Waals surface area (Å²) in [6, 6.07) is 0. The zero-order valence-electron chi connectivity index (χ0n) is 9.87. The fraction of sp³-hybridized carbons (Fsp3) is 0.750. The average molecular weight is 224 g/mol. The molecule has 16 heavy (non-hydrogen) atoms. The van der Waals surface area contributed by atoms with Crippen molar-refractivity contribution in [1.29, 1.82) is 0 Å². The molecule has 0 radical (unpaired) electrons. The van der Waals surface area contributed by atoms with Crippen molar-refractivity contribution < 1.29 is 9.15 Å². The van der Waals surface area contributed by atoms with Gasteiger partial charge >= 0.3 is 0 Å². The second kappa shape index (κ2) is 6.01. The highest BCUT2D eigenvalue weighted by Gasteiger charge is 2.13. The monoisotopic (exact) mass is 224 g/mol. The van der Waals surface area contributed by atoms with Gasteiger partial charge in [0, 0.05) is 19.6 Å². The highest BCUT2D eigenvalue weighted by molar-refractivity contribution is 4.93. The normalized spacial score (nSPS) is 21.2. The van der Waals surface area contributed by atoms with Crippen LogP contribution in [0.15, 0.2) is 10.6 Å². The minimum Gasteiger partial charge on any atom is -0.444 e. The molecule has 2 heterocycles. The molecule has 0 saturated carbocycles. The molecule has 1 aliphatic rings. The van der Waals surface area contributed by atoms with E-state index in [0.29, 0.717) is 5.92 Å². The summed E-state index contributed by atoms with van der Waals surface area (Å²) in [5.41, 5.74) is 0. The fourth-order valence-corrected chi connectivity index (χ4v) is 1.94. The lowest BCUT2D eigenvalue weighted by atomic mass is 10.0. The predicted molar refractivity (Wildman–Crippen MR) is 61.1 cm³/mol. The molecule has 0 aliphatic carbocycles. The highest BCUT2D eigenvalue weighted by Crippen LogP contribution is 2.12. The van der Waals surface area contributed by atoms with Gasteiger partial charge in [-0.25, -0.2) is 4.98 Å². The van der Waals surface area contributed by atoms with Crippen LogP contribution in [0.1, 0.15) is 31.4 Å². The Bertz CT molecular complexity index is 306. The Hall–Kier alpha value is -0.870. The van der Waals surface area contributed by atoms with E-state index in [4.69, 9.17) is 9.15 Å². The zero-order valence-corrected chi connectivity index (χ0v) is 9.87. The Morgan fingerprint density at radius 1 is 1.56 bits per heavy atom. The molecule has 1 atom stereocenters. The molecule has 0 aromatic carbocycles. The molecule has 1 saturated heterocycles. The van der Waals surface area contributed by atoms with Crippen LogP contribution in [0.5, 0.6) is 0 Å². The summed E-state index contributed by atoms with van der Waals surface area (Å²) in [4.78, 5) is 4.21. The van der Waals surface area contributed by atoms with Gasteiger partial charge in [0.15, 0.2) is 0 Å². The van der Waals surface area contributed by atoms with E-state index in [1.807, 2.05) is 0 Å². The summed E-state index contributed by atoms with van der Waals surface area (Å²) < 4.78 is 10.9. The Morgan fingerprint density at radius 3 is 3.19 bits per heavy atom. The van der Waals surface area contributed by atoms with Gasteiger partial charge in [-0.2, -0.15) is 0 Å². The van der Waals surface area contributed by atoms with E-state index < -0.39 is 0 Å². The molecule has 4 heteroatoms. The third-order valence-electron chi connectivity index (χ3n) is 2.91. The van der Waals surface area contributed by atoms with Gasteiger partial charge in [0.25, 0.3) is 0 Å². The molecule has 1 aromatic rings. The van der Waals surface area contributed by atoms with Crippen molar-refractivity contribution in [2.24, 2.45) is 5.92 Å². The number of rotatable bonds is 5. The van der Waals surface area contributed by atoms with Crippen molar-refractivity contribution in [2.75, 3.05) is 19.8 Å². The van der Waals surface area contributed by atoms with Crippen molar-refractivity contribution >= 4 is 0 Å². The molecular weight excluding hydrogens is 204 g/mol. The van der Waals surface area contributed by atoms with Crippen LogP contribution in [-0.4, -0.2) is 24.7 Å². The maximum absolute atomic E-state index is 5.52. The van der Waals surface area contributed by atoms with Crippen LogP contribution < -0.4 is 5.32 Å². The van der Waals surface area contributed by atoms with Crippen LogP contribution >= 0.6 is 0 Å². The molecular formula is C12H20N2O2. The largest absolute Gasteiger partial charge is 0.444 e. The minimum atomic E-state index is 0.648. The van der Waals surface area contributed by atoms with Gasteiger partial charge in [-0.05, 0) is 18.8 Å². The van der Waals surface area contributed by atoms with Crippen LogP contribution in [0.4, 0.5) is 0 Å². The first-order valence-corrected chi connectivity index (χ1v) is 6.10. The third-order valence-corrected chi connectivity index (χ3v) is 2.91. The van der Waals surface area contributed by atoms with Crippen LogP contribution in [0.2, 0.25) is 0 Å². The maximum atomic E-state index is 5.52. The number of ether oxygens (including phenoxy) is 1. The number of nitrogens with one attached hydrogen (secondary N) is 1. The van der Waals surface area contributed by atoms with E-state index >= 15 is 0 Å². The van der Waals surface area contributed by atoms with Crippen molar-refractivity contribution in [3.05, 3.63) is 17.8 Å². The second-order valence-electron chi connectivity index (χ2n) is 4.29. The first-order chi connectivity index (χ1) is 7.88. The molecule has 0 amide bonds. The van der Waals surface area contributed by atoms with Crippen molar-refractivity contribution in [3.63, 3.8) is 0 Å². The van der Waals surface area contributed by atoms with Gasteiger partial charge in [0.1, 0.15) is 5.76 Å². The van der Waals surface area contributed by atoms with Crippen LogP contribution in [0.3, 0.4) is 0 Å². The topological polar surface area (TPSA) is 47.3 Å². The SMILES string of the molecule is CCc1cnc(CNCC2CCCOC2)o1. The maximum Gasteiger partial charge on any atom is 0.208 e. The van der Waals surface area contributed by atoms with Crippen molar-refractivity contribution in [1.82, 2.24) is 10.3 Å². The first-order valence-electron chi connectivity index (χ1n) is 6.10. The molecule has 1 unspecified atom stereocenters. The first kappa shape index (κ1) is 11.6. The minimum absolute atomic E-state index is 0.648. The summed E-state index contributed by atoms with van der Waals surface area (Å²) >= 11 is 0. The molecule has 1 fully saturated rings. The summed E-state index contributed by atoms with van der Waals surface area (Å²) in [6.45, 7) is 5.59. The molecule has 90 valence electrons. The number of nitrogens with zero attached hydrogens (tertiary/aromatic N) is 1. The zero-order chi connectivity index (χ0) is 11.2. The molecule has 2 rings (SSSR count). The van der Waals surface area contributed by atoms with E-state index in [1.54, 1.807) is 6.20 Å². The van der Waals surface area contributed by atoms with Gasteiger partial charge in [-0.3, -0.25) is 0 Å². The molecule has 0 spiro atoms. The van der Waals surface area contributed by atoms with E-state index in [0.717, 1.165) is 44.4 Å². The van der Waals surface area contributed by atoms with Crippen LogP contribution in [0, 0.1) is 5.92 Å². The number of oxazole rings is 1. The highest BCUT2D eigenvalue weighted by atomic mass is 16.5. The lowest BCUT2D eigenvalue weighted by molar-refractivity contribution is 0.0545. The number of aromatic nitrogens is 1. The molecule has 4 nitrogen and oxygen atoms in total.